The zero-order valence-electron chi connectivity index (χ0n) is 9.64. The van der Waals surface area contributed by atoms with E-state index < -0.39 is 11.4 Å². The van der Waals surface area contributed by atoms with Crippen LogP contribution in [0.5, 0.6) is 0 Å². The van der Waals surface area contributed by atoms with E-state index in [-0.39, 0.29) is 11.3 Å². The molecule has 1 aliphatic rings. The monoisotopic (exact) mass is 221 g/mol. The van der Waals surface area contributed by atoms with E-state index in [4.69, 9.17) is 5.73 Å². The summed E-state index contributed by atoms with van der Waals surface area (Å²) in [5.74, 6) is -0.687. The second-order valence-electron chi connectivity index (χ2n) is 4.78. The molecule has 0 radical (unpaired) electrons. The molecule has 0 bridgehead atoms. The molecule has 2 rings (SSSR count). The standard InChI is InChI=1S/C13H16FNO/c1-8-6-9(2)11(10(14)7-8)12(16)13(15)4-3-5-13/h6-7H,3-5,15H2,1-2H3. The molecule has 3 heteroatoms. The quantitative estimate of drug-likeness (QED) is 0.780. The van der Waals surface area contributed by atoms with E-state index in [2.05, 4.69) is 0 Å². The summed E-state index contributed by atoms with van der Waals surface area (Å²) in [6.45, 7) is 3.57. The molecule has 1 aromatic carbocycles. The van der Waals surface area contributed by atoms with Gasteiger partial charge in [0, 0.05) is 0 Å². The minimum atomic E-state index is -0.819. The first kappa shape index (κ1) is 11.3. The van der Waals surface area contributed by atoms with Crippen LogP contribution in [0.2, 0.25) is 0 Å². The molecule has 2 nitrogen and oxygen atoms in total. The van der Waals surface area contributed by atoms with Gasteiger partial charge in [-0.05, 0) is 50.3 Å². The molecule has 1 fully saturated rings. The Morgan fingerprint density at radius 2 is 2.00 bits per heavy atom. The van der Waals surface area contributed by atoms with E-state index in [0.717, 1.165) is 12.0 Å². The van der Waals surface area contributed by atoms with Gasteiger partial charge in [0.1, 0.15) is 5.82 Å². The summed E-state index contributed by atoms with van der Waals surface area (Å²) in [7, 11) is 0. The van der Waals surface area contributed by atoms with Crippen LogP contribution in [0.3, 0.4) is 0 Å². The number of ketones is 1. The Morgan fingerprint density at radius 1 is 1.38 bits per heavy atom. The molecule has 1 aromatic rings. The van der Waals surface area contributed by atoms with Crippen LogP contribution < -0.4 is 5.73 Å². The van der Waals surface area contributed by atoms with Gasteiger partial charge in [0.05, 0.1) is 11.1 Å². The molecule has 16 heavy (non-hydrogen) atoms. The molecule has 0 saturated heterocycles. The number of aryl methyl sites for hydroxylation is 2. The van der Waals surface area contributed by atoms with Crippen molar-refractivity contribution in [3.63, 3.8) is 0 Å². The molecule has 86 valence electrons. The minimum Gasteiger partial charge on any atom is -0.319 e. The number of rotatable bonds is 2. The topological polar surface area (TPSA) is 43.1 Å². The van der Waals surface area contributed by atoms with Crippen LogP contribution in [0, 0.1) is 19.7 Å². The van der Waals surface area contributed by atoms with Gasteiger partial charge in [0.2, 0.25) is 0 Å². The number of benzene rings is 1. The maximum absolute atomic E-state index is 13.8. The summed E-state index contributed by atoms with van der Waals surface area (Å²) in [6, 6.07) is 3.21. The molecule has 0 aromatic heterocycles. The van der Waals surface area contributed by atoms with Crippen molar-refractivity contribution in [1.29, 1.82) is 0 Å². The van der Waals surface area contributed by atoms with Gasteiger partial charge in [-0.25, -0.2) is 4.39 Å². The van der Waals surface area contributed by atoms with Crippen LogP contribution in [-0.4, -0.2) is 11.3 Å². The second-order valence-corrected chi connectivity index (χ2v) is 4.78. The molecule has 0 atom stereocenters. The molecule has 0 spiro atoms. The Labute approximate surface area is 94.6 Å². The van der Waals surface area contributed by atoms with Crippen LogP contribution in [-0.2, 0) is 0 Å². The van der Waals surface area contributed by atoms with E-state index >= 15 is 0 Å². The fourth-order valence-corrected chi connectivity index (χ4v) is 2.24. The molecule has 1 aliphatic carbocycles. The first-order chi connectivity index (χ1) is 7.44. The van der Waals surface area contributed by atoms with E-state index in [1.165, 1.54) is 6.07 Å². The number of carbonyl (C=O) groups is 1. The van der Waals surface area contributed by atoms with Gasteiger partial charge < -0.3 is 5.73 Å². The van der Waals surface area contributed by atoms with Crippen molar-refractivity contribution in [3.05, 3.63) is 34.6 Å². The van der Waals surface area contributed by atoms with Gasteiger partial charge >= 0.3 is 0 Å². The Morgan fingerprint density at radius 3 is 2.44 bits per heavy atom. The minimum absolute atomic E-state index is 0.174. The van der Waals surface area contributed by atoms with Gasteiger partial charge in [-0.1, -0.05) is 6.07 Å². The highest BCUT2D eigenvalue weighted by Crippen LogP contribution is 2.34. The highest BCUT2D eigenvalue weighted by Gasteiger charge is 2.41. The lowest BCUT2D eigenvalue weighted by Gasteiger charge is -2.36. The largest absolute Gasteiger partial charge is 0.319 e. The highest BCUT2D eigenvalue weighted by atomic mass is 19.1. The van der Waals surface area contributed by atoms with Crippen LogP contribution in [0.4, 0.5) is 4.39 Å². The zero-order chi connectivity index (χ0) is 11.9. The molecular formula is C13H16FNO. The van der Waals surface area contributed by atoms with E-state index in [0.29, 0.717) is 18.4 Å². The predicted octanol–water partition coefficient (Wildman–Crippen LogP) is 2.51. The third kappa shape index (κ3) is 1.65. The molecule has 0 heterocycles. The normalized spacial score (nSPS) is 18.0. The molecule has 0 unspecified atom stereocenters. The van der Waals surface area contributed by atoms with Crippen molar-refractivity contribution in [1.82, 2.24) is 0 Å². The van der Waals surface area contributed by atoms with Crippen molar-refractivity contribution in [2.24, 2.45) is 5.73 Å². The number of Topliss-reactive ketones (excluding diaryl/α,β-unsaturated/α-hetero) is 1. The first-order valence-corrected chi connectivity index (χ1v) is 5.54. The Bertz CT molecular complexity index is 426. The summed E-state index contributed by atoms with van der Waals surface area (Å²) in [5.41, 5.74) is 6.80. The molecule has 0 aliphatic heterocycles. The predicted molar refractivity (Wildman–Crippen MR) is 61.0 cm³/mol. The third-order valence-corrected chi connectivity index (χ3v) is 3.36. The summed E-state index contributed by atoms with van der Waals surface area (Å²) < 4.78 is 13.8. The SMILES string of the molecule is Cc1cc(C)c(C(=O)C2(N)CCC2)c(F)c1. The van der Waals surface area contributed by atoms with Crippen molar-refractivity contribution in [3.8, 4) is 0 Å². The van der Waals surface area contributed by atoms with E-state index in [1.54, 1.807) is 6.92 Å². The van der Waals surface area contributed by atoms with Crippen LogP contribution >= 0.6 is 0 Å². The van der Waals surface area contributed by atoms with Crippen molar-refractivity contribution < 1.29 is 9.18 Å². The average molecular weight is 221 g/mol. The second kappa shape index (κ2) is 3.67. The van der Waals surface area contributed by atoms with Gasteiger partial charge in [-0.2, -0.15) is 0 Å². The average Bonchev–Trinajstić information content (AvgIpc) is 2.12. The number of hydrogen-bond acceptors (Lipinski definition) is 2. The maximum Gasteiger partial charge on any atom is 0.185 e. The molecule has 1 saturated carbocycles. The number of carbonyl (C=O) groups excluding carboxylic acids is 1. The Hall–Kier alpha value is -1.22. The Balaban J connectivity index is 2.44. The number of hydrogen-bond donors (Lipinski definition) is 1. The van der Waals surface area contributed by atoms with Crippen molar-refractivity contribution >= 4 is 5.78 Å². The summed E-state index contributed by atoms with van der Waals surface area (Å²) in [6.07, 6.45) is 2.28. The summed E-state index contributed by atoms with van der Waals surface area (Å²) >= 11 is 0. The third-order valence-electron chi connectivity index (χ3n) is 3.36. The number of halogens is 1. The molecular weight excluding hydrogens is 205 g/mol. The lowest BCUT2D eigenvalue weighted by atomic mass is 9.72. The van der Waals surface area contributed by atoms with Gasteiger partial charge in [0.25, 0.3) is 0 Å². The van der Waals surface area contributed by atoms with Crippen molar-refractivity contribution in [2.75, 3.05) is 0 Å². The smallest absolute Gasteiger partial charge is 0.185 e. The van der Waals surface area contributed by atoms with Crippen molar-refractivity contribution in [2.45, 2.75) is 38.6 Å². The van der Waals surface area contributed by atoms with Gasteiger partial charge in [-0.15, -0.1) is 0 Å². The summed E-state index contributed by atoms with van der Waals surface area (Å²) in [4.78, 5) is 12.1. The van der Waals surface area contributed by atoms with E-state index in [9.17, 15) is 9.18 Å². The maximum atomic E-state index is 13.8. The molecule has 2 N–H and O–H groups in total. The number of nitrogens with two attached hydrogens (primary N) is 1. The van der Waals surface area contributed by atoms with Crippen LogP contribution in [0.25, 0.3) is 0 Å². The highest BCUT2D eigenvalue weighted by molar-refractivity contribution is 6.05. The van der Waals surface area contributed by atoms with Crippen LogP contribution in [0.15, 0.2) is 12.1 Å². The lowest BCUT2D eigenvalue weighted by molar-refractivity contribution is 0.0795. The molecule has 0 amide bonds. The summed E-state index contributed by atoms with van der Waals surface area (Å²) in [5, 5.41) is 0. The van der Waals surface area contributed by atoms with Gasteiger partial charge in [0.15, 0.2) is 5.78 Å². The van der Waals surface area contributed by atoms with Crippen LogP contribution in [0.1, 0.15) is 40.7 Å². The van der Waals surface area contributed by atoms with E-state index in [1.807, 2.05) is 13.0 Å². The fraction of sp³-hybridized carbons (Fsp3) is 0.462. The van der Waals surface area contributed by atoms with Gasteiger partial charge in [-0.3, -0.25) is 4.79 Å². The zero-order valence-corrected chi connectivity index (χ0v) is 9.64. The fourth-order valence-electron chi connectivity index (χ4n) is 2.24. The first-order valence-electron chi connectivity index (χ1n) is 5.54. The Kier molecular flexibility index (Phi) is 2.58. The lowest BCUT2D eigenvalue weighted by Crippen LogP contribution is -2.54.